The van der Waals surface area contributed by atoms with Crippen LogP contribution in [0.4, 0.5) is 11.8 Å². The van der Waals surface area contributed by atoms with Gasteiger partial charge in [-0.15, -0.1) is 11.3 Å². The summed E-state index contributed by atoms with van der Waals surface area (Å²) in [5, 5.41) is 14.7. The van der Waals surface area contributed by atoms with E-state index in [0.29, 0.717) is 22.9 Å². The van der Waals surface area contributed by atoms with Crippen LogP contribution in [-0.4, -0.2) is 45.8 Å². The highest BCUT2D eigenvalue weighted by Gasteiger charge is 2.38. The summed E-state index contributed by atoms with van der Waals surface area (Å²) in [6.07, 6.45) is 0.903. The number of halogens is 1. The molecular weight excluding hydrogens is 430 g/mol. The number of nitrogens with one attached hydrogen (secondary N) is 1. The van der Waals surface area contributed by atoms with Crippen LogP contribution in [0.15, 0.2) is 24.3 Å². The minimum absolute atomic E-state index is 0.204. The molecule has 0 bridgehead atoms. The SMILES string of the molecule is CCN(CC)c1nc(Cl)c(-c2nc3ccccc3s2)c(NC2CC(CO)C(C)C2C)n1. The maximum absolute atomic E-state index is 9.79. The van der Waals surface area contributed by atoms with Crippen molar-refractivity contribution in [2.75, 3.05) is 29.9 Å². The van der Waals surface area contributed by atoms with E-state index in [4.69, 9.17) is 21.6 Å². The van der Waals surface area contributed by atoms with Crippen molar-refractivity contribution < 1.29 is 5.11 Å². The van der Waals surface area contributed by atoms with Gasteiger partial charge in [-0.2, -0.15) is 4.98 Å². The first-order valence-electron chi connectivity index (χ1n) is 11.0. The topological polar surface area (TPSA) is 74.2 Å². The van der Waals surface area contributed by atoms with Gasteiger partial charge in [0, 0.05) is 25.7 Å². The predicted octanol–water partition coefficient (Wildman–Crippen LogP) is 5.32. The van der Waals surface area contributed by atoms with Crippen molar-refractivity contribution in [2.45, 2.75) is 40.2 Å². The van der Waals surface area contributed by atoms with Gasteiger partial charge in [-0.3, -0.25) is 0 Å². The van der Waals surface area contributed by atoms with E-state index in [9.17, 15) is 5.11 Å². The van der Waals surface area contributed by atoms with Gasteiger partial charge in [-0.1, -0.05) is 37.6 Å². The van der Waals surface area contributed by atoms with Crippen LogP contribution in [0, 0.1) is 17.8 Å². The van der Waals surface area contributed by atoms with E-state index in [1.54, 1.807) is 11.3 Å². The van der Waals surface area contributed by atoms with Crippen LogP contribution in [0.25, 0.3) is 20.8 Å². The molecule has 1 fully saturated rings. The fraction of sp³-hybridized carbons (Fsp3) is 0.522. The molecule has 1 aliphatic rings. The normalized spacial score (nSPS) is 23.4. The molecule has 2 aromatic heterocycles. The molecule has 0 amide bonds. The summed E-state index contributed by atoms with van der Waals surface area (Å²) in [6.45, 7) is 10.4. The molecule has 1 saturated carbocycles. The molecule has 3 aromatic rings. The molecule has 2 N–H and O–H groups in total. The monoisotopic (exact) mass is 459 g/mol. The number of para-hydroxylation sites is 1. The lowest BCUT2D eigenvalue weighted by molar-refractivity contribution is 0.191. The Bertz CT molecular complexity index is 1020. The number of aliphatic hydroxyl groups is 1. The van der Waals surface area contributed by atoms with Gasteiger partial charge in [0.05, 0.1) is 15.8 Å². The number of aliphatic hydroxyl groups excluding tert-OH is 1. The van der Waals surface area contributed by atoms with Gasteiger partial charge in [0.25, 0.3) is 0 Å². The maximum atomic E-state index is 9.79. The van der Waals surface area contributed by atoms with Crippen LogP contribution in [0.5, 0.6) is 0 Å². The Morgan fingerprint density at radius 1 is 1.13 bits per heavy atom. The molecule has 166 valence electrons. The average molecular weight is 460 g/mol. The Labute approximate surface area is 192 Å². The van der Waals surface area contributed by atoms with E-state index in [1.807, 2.05) is 18.2 Å². The lowest BCUT2D eigenvalue weighted by Gasteiger charge is -2.24. The number of thiazole rings is 1. The second-order valence-corrected chi connectivity index (χ2v) is 9.73. The van der Waals surface area contributed by atoms with E-state index in [-0.39, 0.29) is 18.6 Å². The minimum Gasteiger partial charge on any atom is -0.396 e. The number of hydrogen-bond acceptors (Lipinski definition) is 7. The van der Waals surface area contributed by atoms with Crippen LogP contribution in [0.1, 0.15) is 34.1 Å². The van der Waals surface area contributed by atoms with E-state index in [0.717, 1.165) is 46.1 Å². The first-order valence-corrected chi connectivity index (χ1v) is 12.2. The predicted molar refractivity (Wildman–Crippen MR) is 130 cm³/mol. The van der Waals surface area contributed by atoms with Crippen molar-refractivity contribution in [3.05, 3.63) is 29.4 Å². The summed E-state index contributed by atoms with van der Waals surface area (Å²) < 4.78 is 1.11. The zero-order valence-corrected chi connectivity index (χ0v) is 20.0. The first-order chi connectivity index (χ1) is 15.0. The summed E-state index contributed by atoms with van der Waals surface area (Å²) >= 11 is 8.37. The van der Waals surface area contributed by atoms with Crippen molar-refractivity contribution in [1.29, 1.82) is 0 Å². The van der Waals surface area contributed by atoms with Crippen molar-refractivity contribution in [3.63, 3.8) is 0 Å². The number of hydrogen-bond donors (Lipinski definition) is 2. The number of aromatic nitrogens is 3. The second-order valence-electron chi connectivity index (χ2n) is 8.34. The van der Waals surface area contributed by atoms with E-state index >= 15 is 0 Å². The van der Waals surface area contributed by atoms with Crippen molar-refractivity contribution in [3.8, 4) is 10.6 Å². The molecule has 0 radical (unpaired) electrons. The highest BCUT2D eigenvalue weighted by molar-refractivity contribution is 7.21. The molecule has 1 aromatic carbocycles. The number of rotatable bonds is 7. The molecule has 8 heteroatoms. The standard InChI is InChI=1S/C23H30ClN5OS/c1-5-29(6-2)23-27-20(24)19(22-26-16-9-7-8-10-18(16)31-22)21(28-23)25-17-11-15(12-30)13(3)14(17)4/h7-10,13-15,17,30H,5-6,11-12H2,1-4H3,(H,25,27,28). The van der Waals surface area contributed by atoms with Crippen LogP contribution in [0.3, 0.4) is 0 Å². The molecule has 31 heavy (non-hydrogen) atoms. The van der Waals surface area contributed by atoms with Gasteiger partial charge in [0.1, 0.15) is 16.0 Å². The fourth-order valence-electron chi connectivity index (χ4n) is 4.50. The van der Waals surface area contributed by atoms with Crippen LogP contribution < -0.4 is 10.2 Å². The largest absolute Gasteiger partial charge is 0.396 e. The van der Waals surface area contributed by atoms with Gasteiger partial charge >= 0.3 is 0 Å². The Hall–Kier alpha value is -1.96. The number of benzene rings is 1. The van der Waals surface area contributed by atoms with Crippen LogP contribution >= 0.6 is 22.9 Å². The Kier molecular flexibility index (Phi) is 6.65. The third kappa shape index (κ3) is 4.23. The summed E-state index contributed by atoms with van der Waals surface area (Å²) in [7, 11) is 0. The molecule has 4 rings (SSSR count). The summed E-state index contributed by atoms with van der Waals surface area (Å²) in [5.41, 5.74) is 1.70. The number of nitrogens with zero attached hydrogens (tertiary/aromatic N) is 4. The zero-order valence-electron chi connectivity index (χ0n) is 18.5. The maximum Gasteiger partial charge on any atom is 0.228 e. The number of fused-ring (bicyclic) bond motifs is 1. The van der Waals surface area contributed by atoms with Gasteiger partial charge < -0.3 is 15.3 Å². The van der Waals surface area contributed by atoms with E-state index in [1.165, 1.54) is 0 Å². The van der Waals surface area contributed by atoms with E-state index in [2.05, 4.69) is 49.0 Å². The van der Waals surface area contributed by atoms with Crippen molar-refractivity contribution in [1.82, 2.24) is 15.0 Å². The lowest BCUT2D eigenvalue weighted by atomic mass is 9.92. The lowest BCUT2D eigenvalue weighted by Crippen LogP contribution is -2.27. The molecule has 0 saturated heterocycles. The minimum atomic E-state index is 0.204. The Balaban J connectivity index is 1.80. The summed E-state index contributed by atoms with van der Waals surface area (Å²) in [4.78, 5) is 16.5. The van der Waals surface area contributed by atoms with Gasteiger partial charge in [-0.25, -0.2) is 9.97 Å². The zero-order chi connectivity index (χ0) is 22.1. The third-order valence-electron chi connectivity index (χ3n) is 6.73. The summed E-state index contributed by atoms with van der Waals surface area (Å²) in [5.74, 6) is 2.49. The van der Waals surface area contributed by atoms with Gasteiger partial charge in [-0.05, 0) is 50.2 Å². The third-order valence-corrected chi connectivity index (χ3v) is 8.06. The second kappa shape index (κ2) is 9.27. The highest BCUT2D eigenvalue weighted by Crippen LogP contribution is 2.42. The summed E-state index contributed by atoms with van der Waals surface area (Å²) in [6, 6.07) is 8.28. The first kappa shape index (κ1) is 22.2. The Morgan fingerprint density at radius 2 is 1.87 bits per heavy atom. The molecule has 6 nitrogen and oxygen atoms in total. The Morgan fingerprint density at radius 3 is 2.52 bits per heavy atom. The van der Waals surface area contributed by atoms with E-state index < -0.39 is 0 Å². The van der Waals surface area contributed by atoms with Crippen LogP contribution in [-0.2, 0) is 0 Å². The molecule has 0 aliphatic heterocycles. The van der Waals surface area contributed by atoms with Gasteiger partial charge in [0.2, 0.25) is 5.95 Å². The van der Waals surface area contributed by atoms with Crippen molar-refractivity contribution in [2.24, 2.45) is 17.8 Å². The molecule has 0 spiro atoms. The molecule has 1 aliphatic carbocycles. The molecule has 4 atom stereocenters. The highest BCUT2D eigenvalue weighted by atomic mass is 35.5. The molecule has 2 heterocycles. The quantitative estimate of drug-likeness (QED) is 0.466. The molecule has 4 unspecified atom stereocenters. The smallest absolute Gasteiger partial charge is 0.228 e. The van der Waals surface area contributed by atoms with Gasteiger partial charge in [0.15, 0.2) is 0 Å². The number of anilines is 2. The van der Waals surface area contributed by atoms with Crippen LogP contribution in [0.2, 0.25) is 5.15 Å². The fourth-order valence-corrected chi connectivity index (χ4v) is 5.82. The average Bonchev–Trinajstić information content (AvgIpc) is 3.30. The molecular formula is C23H30ClN5OS. The van der Waals surface area contributed by atoms with Crippen molar-refractivity contribution >= 4 is 44.9 Å².